The van der Waals surface area contributed by atoms with Gasteiger partial charge in [0.05, 0.1) is 19.8 Å². The molecule has 0 aromatic heterocycles. The molecule has 38 heavy (non-hydrogen) atoms. The summed E-state index contributed by atoms with van der Waals surface area (Å²) in [5.41, 5.74) is 1.52. The number of ether oxygens (including phenoxy) is 3. The lowest BCUT2D eigenvalue weighted by molar-refractivity contribution is -0.181. The van der Waals surface area contributed by atoms with E-state index in [0.29, 0.717) is 0 Å². The van der Waals surface area contributed by atoms with E-state index in [4.69, 9.17) is 27.8 Å². The van der Waals surface area contributed by atoms with E-state index in [2.05, 4.69) is 15.9 Å². The van der Waals surface area contributed by atoms with Crippen molar-refractivity contribution in [3.8, 4) is 0 Å². The van der Waals surface area contributed by atoms with Crippen LogP contribution in [0.2, 0.25) is 0 Å². The predicted molar refractivity (Wildman–Crippen MR) is 141 cm³/mol. The molecule has 0 N–H and O–H groups in total. The van der Waals surface area contributed by atoms with Crippen LogP contribution in [-0.2, 0) is 59.9 Å². The lowest BCUT2D eigenvalue weighted by atomic mass is 10.1. The molecule has 0 aliphatic carbocycles. The van der Waals surface area contributed by atoms with Gasteiger partial charge in [-0.15, -0.1) is 0 Å². The highest BCUT2D eigenvalue weighted by molar-refractivity contribution is 9.09. The van der Waals surface area contributed by atoms with Crippen molar-refractivity contribution >= 4 is 41.7 Å². The fourth-order valence-electron chi connectivity index (χ4n) is 3.33. The van der Waals surface area contributed by atoms with Crippen molar-refractivity contribution in [3.63, 3.8) is 0 Å². The van der Waals surface area contributed by atoms with Crippen LogP contribution >= 0.6 is 23.8 Å². The quantitative estimate of drug-likeness (QED) is 0.109. The average molecular weight is 615 g/mol. The molecule has 1 unspecified atom stereocenters. The van der Waals surface area contributed by atoms with Crippen molar-refractivity contribution in [2.24, 2.45) is 0 Å². The molecule has 0 spiro atoms. The number of hydrogen-bond acceptors (Lipinski definition) is 10. The summed E-state index contributed by atoms with van der Waals surface area (Å²) in [6.07, 6.45) is -3.28. The number of halogens is 1. The van der Waals surface area contributed by atoms with E-state index in [1.54, 1.807) is 24.3 Å². The maximum Gasteiger partial charge on any atom is 0.475 e. The van der Waals surface area contributed by atoms with Gasteiger partial charge >= 0.3 is 25.7 Å². The highest BCUT2D eigenvalue weighted by Crippen LogP contribution is 2.51. The third-order valence-corrected chi connectivity index (χ3v) is 6.97. The Morgan fingerprint density at radius 1 is 0.711 bits per heavy atom. The molecule has 0 amide bonds. The summed E-state index contributed by atoms with van der Waals surface area (Å²) in [5, 5.41) is 0.0992. The Morgan fingerprint density at radius 2 is 1.16 bits per heavy atom. The van der Waals surface area contributed by atoms with Crippen LogP contribution in [-0.4, -0.2) is 48.2 Å². The largest absolute Gasteiger partial charge is 0.475 e. The van der Waals surface area contributed by atoms with E-state index in [9.17, 15) is 18.9 Å². The molecule has 0 aliphatic heterocycles. The number of benzene rings is 2. The lowest BCUT2D eigenvalue weighted by Gasteiger charge is -2.31. The van der Waals surface area contributed by atoms with E-state index >= 15 is 0 Å². The van der Waals surface area contributed by atoms with Crippen molar-refractivity contribution in [3.05, 3.63) is 71.8 Å². The van der Waals surface area contributed by atoms with Gasteiger partial charge in [0.25, 0.3) is 0 Å². The third kappa shape index (κ3) is 11.9. The minimum atomic E-state index is -4.09. The topological polar surface area (TPSA) is 124 Å². The fraction of sp³-hybridized carbons (Fsp3) is 0.423. The second kappa shape index (κ2) is 16.4. The first kappa shape index (κ1) is 31.7. The van der Waals surface area contributed by atoms with Crippen LogP contribution in [0.1, 0.15) is 38.3 Å². The summed E-state index contributed by atoms with van der Waals surface area (Å²) < 4.78 is 46.3. The Labute approximate surface area is 230 Å². The first-order valence-electron chi connectivity index (χ1n) is 11.8. The number of carbonyl (C=O) groups excluding carboxylic acids is 3. The Balaban J connectivity index is 2.17. The standard InChI is InChI=1S/C26H32BrO10P/c1-19(28)35-24(26(37-21(3)30)25(16-27)36-20(2)29)14-15-32-38(31,33-17-22-10-6-4-7-11-22)34-18-23-12-8-5-9-13-23/h4-13,24-26H,14-18H2,1-3H3/t24?,25-,26+/m0/s1. The van der Waals surface area contributed by atoms with E-state index in [1.165, 1.54) is 20.8 Å². The zero-order chi connectivity index (χ0) is 28.0. The first-order valence-corrected chi connectivity index (χ1v) is 14.4. The molecular weight excluding hydrogens is 583 g/mol. The maximum absolute atomic E-state index is 13.5. The van der Waals surface area contributed by atoms with E-state index in [-0.39, 0.29) is 31.6 Å². The molecule has 0 radical (unpaired) electrons. The van der Waals surface area contributed by atoms with Gasteiger partial charge in [-0.2, -0.15) is 0 Å². The van der Waals surface area contributed by atoms with E-state index in [0.717, 1.165) is 11.1 Å². The van der Waals surface area contributed by atoms with Crippen molar-refractivity contribution in [1.82, 2.24) is 0 Å². The summed E-state index contributed by atoms with van der Waals surface area (Å²) in [5.74, 6) is -1.95. The SMILES string of the molecule is CC(=O)OC(CCOP(=O)(OCc1ccccc1)OCc1ccccc1)[C@@H](OC(C)=O)[C@H](CBr)OC(C)=O. The van der Waals surface area contributed by atoms with Crippen molar-refractivity contribution < 1.29 is 46.7 Å². The molecule has 0 bridgehead atoms. The minimum Gasteiger partial charge on any atom is -0.458 e. The van der Waals surface area contributed by atoms with Crippen LogP contribution < -0.4 is 0 Å². The van der Waals surface area contributed by atoms with Crippen molar-refractivity contribution in [2.45, 2.75) is 58.7 Å². The predicted octanol–water partition coefficient (Wildman–Crippen LogP) is 5.12. The molecule has 208 valence electrons. The summed E-state index contributed by atoms with van der Waals surface area (Å²) in [6, 6.07) is 18.2. The van der Waals surface area contributed by atoms with E-state index < -0.39 is 44.0 Å². The van der Waals surface area contributed by atoms with Crippen LogP contribution in [0.5, 0.6) is 0 Å². The van der Waals surface area contributed by atoms with Crippen LogP contribution in [0, 0.1) is 0 Å². The molecular formula is C26H32BrO10P. The summed E-state index contributed by atoms with van der Waals surface area (Å²) in [4.78, 5) is 35.2. The van der Waals surface area contributed by atoms with Gasteiger partial charge < -0.3 is 14.2 Å². The molecule has 12 heteroatoms. The number of carbonyl (C=O) groups is 3. The van der Waals surface area contributed by atoms with Gasteiger partial charge in [-0.3, -0.25) is 28.0 Å². The molecule has 3 atom stereocenters. The average Bonchev–Trinajstić information content (AvgIpc) is 2.88. The van der Waals surface area contributed by atoms with E-state index in [1.807, 2.05) is 36.4 Å². The zero-order valence-corrected chi connectivity index (χ0v) is 23.9. The van der Waals surface area contributed by atoms with Crippen LogP contribution in [0.15, 0.2) is 60.7 Å². The Kier molecular flexibility index (Phi) is 13.7. The molecule has 0 saturated heterocycles. The number of hydrogen-bond donors (Lipinski definition) is 0. The van der Waals surface area contributed by atoms with Crippen molar-refractivity contribution in [1.29, 1.82) is 0 Å². The molecule has 2 aromatic carbocycles. The van der Waals surface area contributed by atoms with Gasteiger partial charge in [0.15, 0.2) is 12.2 Å². The molecule has 2 aromatic rings. The summed E-state index contributed by atoms with van der Waals surface area (Å²) in [6.45, 7) is 3.24. The first-order chi connectivity index (χ1) is 18.1. The molecule has 0 saturated carbocycles. The van der Waals surface area contributed by atoms with Crippen LogP contribution in [0.3, 0.4) is 0 Å². The summed E-state index contributed by atoms with van der Waals surface area (Å²) >= 11 is 3.23. The number of phosphoric acid groups is 1. The second-order valence-corrected chi connectivity index (χ2v) is 10.4. The molecule has 2 rings (SSSR count). The summed E-state index contributed by atoms with van der Waals surface area (Å²) in [7, 11) is -4.09. The number of alkyl halides is 1. The second-order valence-electron chi connectivity index (χ2n) is 8.11. The molecule has 0 heterocycles. The Bertz CT molecular complexity index is 1020. The number of esters is 3. The molecule has 10 nitrogen and oxygen atoms in total. The van der Waals surface area contributed by atoms with Gasteiger partial charge in [0.1, 0.15) is 6.10 Å². The van der Waals surface area contributed by atoms with Gasteiger partial charge in [0.2, 0.25) is 0 Å². The van der Waals surface area contributed by atoms with Gasteiger partial charge in [-0.05, 0) is 11.1 Å². The zero-order valence-electron chi connectivity index (χ0n) is 21.4. The maximum atomic E-state index is 13.5. The highest BCUT2D eigenvalue weighted by atomic mass is 79.9. The number of phosphoric ester groups is 1. The van der Waals surface area contributed by atoms with Gasteiger partial charge in [-0.1, -0.05) is 76.6 Å². The number of rotatable bonds is 16. The molecule has 0 fully saturated rings. The Morgan fingerprint density at radius 3 is 1.58 bits per heavy atom. The van der Waals surface area contributed by atoms with Gasteiger partial charge in [-0.25, -0.2) is 4.57 Å². The highest BCUT2D eigenvalue weighted by Gasteiger charge is 2.37. The van der Waals surface area contributed by atoms with Crippen LogP contribution in [0.25, 0.3) is 0 Å². The van der Waals surface area contributed by atoms with Gasteiger partial charge in [0, 0.05) is 32.5 Å². The lowest BCUT2D eigenvalue weighted by Crippen LogP contribution is -2.46. The minimum absolute atomic E-state index is 0.0333. The van der Waals surface area contributed by atoms with Crippen LogP contribution in [0.4, 0.5) is 0 Å². The van der Waals surface area contributed by atoms with Crippen molar-refractivity contribution in [2.75, 3.05) is 11.9 Å². The smallest absolute Gasteiger partial charge is 0.458 e. The normalized spacial score (nSPS) is 13.7. The third-order valence-electron chi connectivity index (χ3n) is 4.94. The monoisotopic (exact) mass is 614 g/mol. The fourth-order valence-corrected chi connectivity index (χ4v) is 5.00. The Hall–Kier alpha value is -2.56. The molecule has 0 aliphatic rings.